The number of para-hydroxylation sites is 1. The molecule has 1 N–H and O–H groups in total. The number of carbonyl (C=O) groups excluding carboxylic acids is 1. The SMILES string of the molecule is N#C/C(=C\C=C\c1ccccc1[N+](=O)[O-])C(=O)Nc1cccc(S(=O)(=O)N2CCCCC2)c1. The second-order valence-electron chi connectivity index (χ2n) is 7.31. The van der Waals surface area contributed by atoms with Crippen LogP contribution in [0.3, 0.4) is 0 Å². The van der Waals surface area contributed by atoms with E-state index in [4.69, 9.17) is 0 Å². The van der Waals surface area contributed by atoms with Gasteiger partial charge in [0, 0.05) is 24.8 Å². The zero-order chi connectivity index (χ0) is 23.8. The van der Waals surface area contributed by atoms with E-state index in [1.54, 1.807) is 24.3 Å². The van der Waals surface area contributed by atoms with Crippen molar-refractivity contribution in [3.05, 3.63) is 81.9 Å². The van der Waals surface area contributed by atoms with Crippen molar-refractivity contribution in [1.82, 2.24) is 4.31 Å². The number of benzene rings is 2. The van der Waals surface area contributed by atoms with Gasteiger partial charge in [-0.05, 0) is 49.3 Å². The number of amides is 1. The Hall–Kier alpha value is -3.81. The van der Waals surface area contributed by atoms with Gasteiger partial charge in [0.2, 0.25) is 10.0 Å². The number of allylic oxidation sites excluding steroid dienone is 2. The molecule has 0 aliphatic carbocycles. The van der Waals surface area contributed by atoms with Crippen molar-refractivity contribution in [2.24, 2.45) is 0 Å². The number of hydrogen-bond acceptors (Lipinski definition) is 6. The highest BCUT2D eigenvalue weighted by Gasteiger charge is 2.26. The largest absolute Gasteiger partial charge is 0.321 e. The topological polar surface area (TPSA) is 133 Å². The highest BCUT2D eigenvalue weighted by molar-refractivity contribution is 7.89. The maximum atomic E-state index is 12.9. The average molecular weight is 467 g/mol. The summed E-state index contributed by atoms with van der Waals surface area (Å²) < 4.78 is 27.2. The number of nitrogens with one attached hydrogen (secondary N) is 1. The zero-order valence-electron chi connectivity index (χ0n) is 17.7. The van der Waals surface area contributed by atoms with Gasteiger partial charge in [-0.3, -0.25) is 14.9 Å². The molecule has 1 heterocycles. The summed E-state index contributed by atoms with van der Waals surface area (Å²) in [4.78, 5) is 23.1. The quantitative estimate of drug-likeness (QED) is 0.216. The first kappa shape index (κ1) is 23.8. The fourth-order valence-corrected chi connectivity index (χ4v) is 4.96. The molecule has 1 saturated heterocycles. The molecular weight excluding hydrogens is 444 g/mol. The van der Waals surface area contributed by atoms with E-state index in [0.29, 0.717) is 18.7 Å². The number of nitro benzene ring substituents is 1. The summed E-state index contributed by atoms with van der Waals surface area (Å²) in [5, 5.41) is 23.0. The molecule has 10 heteroatoms. The Morgan fingerprint density at radius 1 is 1.12 bits per heavy atom. The van der Waals surface area contributed by atoms with E-state index in [9.17, 15) is 28.6 Å². The van der Waals surface area contributed by atoms with E-state index in [1.165, 1.54) is 52.9 Å². The predicted molar refractivity (Wildman–Crippen MR) is 124 cm³/mol. The number of nitro groups is 1. The standard InChI is InChI=1S/C23H22N4O5S/c24-17-19(10-6-9-18-8-2-3-13-22(18)27(29)30)23(28)25-20-11-7-12-21(16-20)33(31,32)26-14-4-1-5-15-26/h2-3,6-13,16H,1,4-5,14-15H2,(H,25,28)/b9-6+,19-10+. The third kappa shape index (κ3) is 5.91. The molecule has 170 valence electrons. The van der Waals surface area contributed by atoms with Crippen LogP contribution in [0.2, 0.25) is 0 Å². The molecule has 33 heavy (non-hydrogen) atoms. The Bertz CT molecular complexity index is 1260. The Morgan fingerprint density at radius 3 is 2.55 bits per heavy atom. The number of rotatable bonds is 7. The lowest BCUT2D eigenvalue weighted by atomic mass is 10.1. The normalized spacial score (nSPS) is 15.2. The first-order valence-corrected chi connectivity index (χ1v) is 11.7. The molecule has 0 saturated carbocycles. The molecule has 0 atom stereocenters. The number of carbonyl (C=O) groups is 1. The van der Waals surface area contributed by atoms with E-state index >= 15 is 0 Å². The Labute approximate surface area is 191 Å². The number of nitriles is 1. The van der Waals surface area contributed by atoms with Crippen LogP contribution in [0.1, 0.15) is 24.8 Å². The van der Waals surface area contributed by atoms with Crippen LogP contribution in [-0.4, -0.2) is 36.6 Å². The highest BCUT2D eigenvalue weighted by atomic mass is 32.2. The smallest absolute Gasteiger partial charge is 0.276 e. The van der Waals surface area contributed by atoms with Crippen molar-refractivity contribution in [3.63, 3.8) is 0 Å². The Kier molecular flexibility index (Phi) is 7.71. The van der Waals surface area contributed by atoms with E-state index in [-0.39, 0.29) is 21.8 Å². The first-order chi connectivity index (χ1) is 15.8. The van der Waals surface area contributed by atoms with Gasteiger partial charge in [-0.15, -0.1) is 0 Å². The summed E-state index contributed by atoms with van der Waals surface area (Å²) in [6, 6.07) is 13.7. The highest BCUT2D eigenvalue weighted by Crippen LogP contribution is 2.23. The second-order valence-corrected chi connectivity index (χ2v) is 9.25. The maximum absolute atomic E-state index is 12.9. The molecule has 1 amide bonds. The molecule has 0 unspecified atom stereocenters. The van der Waals surface area contributed by atoms with Gasteiger partial charge in [0.15, 0.2) is 0 Å². The first-order valence-electron chi connectivity index (χ1n) is 10.3. The van der Waals surface area contributed by atoms with Gasteiger partial charge in [-0.25, -0.2) is 8.42 Å². The number of hydrogen-bond donors (Lipinski definition) is 1. The van der Waals surface area contributed by atoms with E-state index in [0.717, 1.165) is 19.3 Å². The van der Waals surface area contributed by atoms with Crippen LogP contribution in [0.5, 0.6) is 0 Å². The lowest BCUT2D eigenvalue weighted by Crippen LogP contribution is -2.35. The average Bonchev–Trinajstić information content (AvgIpc) is 2.82. The van der Waals surface area contributed by atoms with Crippen molar-refractivity contribution in [3.8, 4) is 6.07 Å². The minimum atomic E-state index is -3.67. The number of sulfonamides is 1. The minimum absolute atomic E-state index is 0.0703. The molecule has 0 radical (unpaired) electrons. The van der Waals surface area contributed by atoms with Crippen molar-refractivity contribution in [2.45, 2.75) is 24.2 Å². The summed E-state index contributed by atoms with van der Waals surface area (Å²) in [5.74, 6) is -0.725. The molecule has 2 aromatic carbocycles. The second kappa shape index (κ2) is 10.7. The van der Waals surface area contributed by atoms with Crippen LogP contribution in [0.25, 0.3) is 6.08 Å². The minimum Gasteiger partial charge on any atom is -0.321 e. The van der Waals surface area contributed by atoms with Crippen molar-refractivity contribution in [2.75, 3.05) is 18.4 Å². The molecule has 0 aromatic heterocycles. The van der Waals surface area contributed by atoms with Crippen LogP contribution >= 0.6 is 0 Å². The van der Waals surface area contributed by atoms with Gasteiger partial charge in [-0.2, -0.15) is 9.57 Å². The Balaban J connectivity index is 1.75. The number of nitrogens with zero attached hydrogens (tertiary/aromatic N) is 3. The van der Waals surface area contributed by atoms with Gasteiger partial charge >= 0.3 is 0 Å². The fourth-order valence-electron chi connectivity index (χ4n) is 3.39. The molecule has 9 nitrogen and oxygen atoms in total. The molecular formula is C23H22N4O5S. The van der Waals surface area contributed by atoms with Gasteiger partial charge in [0.1, 0.15) is 11.6 Å². The molecule has 1 aliphatic rings. The predicted octanol–water partition coefficient (Wildman–Crippen LogP) is 3.87. The van der Waals surface area contributed by atoms with Crippen LogP contribution in [0, 0.1) is 21.4 Å². The van der Waals surface area contributed by atoms with E-state index < -0.39 is 20.9 Å². The van der Waals surface area contributed by atoms with Crippen LogP contribution in [0.15, 0.2) is 71.2 Å². The van der Waals surface area contributed by atoms with Gasteiger partial charge in [0.05, 0.1) is 15.4 Å². The molecule has 0 spiro atoms. The van der Waals surface area contributed by atoms with Crippen molar-refractivity contribution < 1.29 is 18.1 Å². The van der Waals surface area contributed by atoms with E-state index in [2.05, 4.69) is 5.32 Å². The van der Waals surface area contributed by atoms with Gasteiger partial charge < -0.3 is 5.32 Å². The fraction of sp³-hybridized carbons (Fsp3) is 0.217. The zero-order valence-corrected chi connectivity index (χ0v) is 18.5. The van der Waals surface area contributed by atoms with Gasteiger partial charge in [-0.1, -0.05) is 30.7 Å². The lowest BCUT2D eigenvalue weighted by Gasteiger charge is -2.26. The summed E-state index contributed by atoms with van der Waals surface area (Å²) in [7, 11) is -3.67. The summed E-state index contributed by atoms with van der Waals surface area (Å²) in [6.45, 7) is 0.929. The molecule has 1 fully saturated rings. The third-order valence-corrected chi connectivity index (χ3v) is 6.98. The molecule has 0 bridgehead atoms. The monoisotopic (exact) mass is 466 g/mol. The van der Waals surface area contributed by atoms with Crippen molar-refractivity contribution in [1.29, 1.82) is 5.26 Å². The molecule has 2 aromatic rings. The number of piperidine rings is 1. The van der Waals surface area contributed by atoms with E-state index in [1.807, 2.05) is 0 Å². The third-order valence-electron chi connectivity index (χ3n) is 5.08. The maximum Gasteiger partial charge on any atom is 0.276 e. The lowest BCUT2D eigenvalue weighted by molar-refractivity contribution is -0.385. The van der Waals surface area contributed by atoms with Crippen LogP contribution in [0.4, 0.5) is 11.4 Å². The van der Waals surface area contributed by atoms with Crippen LogP contribution < -0.4 is 5.32 Å². The summed E-state index contributed by atoms with van der Waals surface area (Å²) >= 11 is 0. The van der Waals surface area contributed by atoms with Crippen molar-refractivity contribution >= 4 is 33.4 Å². The molecule has 1 aliphatic heterocycles. The summed E-state index contributed by atoms with van der Waals surface area (Å²) in [5.41, 5.74) is 0.222. The Morgan fingerprint density at radius 2 is 1.85 bits per heavy atom. The van der Waals surface area contributed by atoms with Crippen LogP contribution in [-0.2, 0) is 14.8 Å². The molecule has 3 rings (SSSR count). The van der Waals surface area contributed by atoms with Gasteiger partial charge in [0.25, 0.3) is 11.6 Å². The summed E-state index contributed by atoms with van der Waals surface area (Å²) in [6.07, 6.45) is 6.65. The number of anilines is 1.